The number of hydrogen-bond donors (Lipinski definition) is 1. The highest BCUT2D eigenvalue weighted by molar-refractivity contribution is 7.85. The van der Waals surface area contributed by atoms with E-state index in [0.717, 1.165) is 12.0 Å². The summed E-state index contributed by atoms with van der Waals surface area (Å²) < 4.78 is 16.2. The molecule has 2 rings (SSSR count). The zero-order valence-corrected chi connectivity index (χ0v) is 10.6. The van der Waals surface area contributed by atoms with Crippen LogP contribution in [0.25, 0.3) is 0 Å². The Balaban J connectivity index is 2.55. The van der Waals surface area contributed by atoms with Crippen molar-refractivity contribution in [3.63, 3.8) is 0 Å². The summed E-state index contributed by atoms with van der Waals surface area (Å²) in [6.07, 6.45) is 0. The number of ether oxygens (including phenoxy) is 1. The van der Waals surface area contributed by atoms with Crippen molar-refractivity contribution in [1.82, 2.24) is 4.90 Å². The van der Waals surface area contributed by atoms with Gasteiger partial charge in [0.2, 0.25) is 0 Å². The monoisotopic (exact) mass is 273 g/mol. The second-order valence-electron chi connectivity index (χ2n) is 3.89. The number of rotatable bonds is 1. The van der Waals surface area contributed by atoms with Gasteiger partial charge in [-0.1, -0.05) is 0 Å². The molecule has 2 aliphatic rings. The zero-order valence-electron chi connectivity index (χ0n) is 9.74. The van der Waals surface area contributed by atoms with Crippen LogP contribution >= 0.6 is 0 Å². The quantitative estimate of drug-likeness (QED) is 0.399. The van der Waals surface area contributed by atoms with Crippen LogP contribution in [-0.2, 0) is 25.1 Å². The summed E-state index contributed by atoms with van der Waals surface area (Å²) in [6.45, 7) is 1.28. The highest BCUT2D eigenvalue weighted by atomic mass is 32.2. The number of aliphatic hydroxyl groups excluding tert-OH is 1. The highest BCUT2D eigenvalue weighted by Gasteiger charge is 2.57. The van der Waals surface area contributed by atoms with Gasteiger partial charge in [0, 0.05) is 10.8 Å². The molecule has 2 aliphatic heterocycles. The normalized spacial score (nSPS) is 33.3. The number of allylic oxidation sites excluding steroid dienone is 1. The lowest BCUT2D eigenvalue weighted by molar-refractivity contribution is -0.158. The van der Waals surface area contributed by atoms with E-state index in [0.29, 0.717) is 0 Å². The number of aliphatic hydroxyl groups is 1. The molecular formula is C9H11N3O5S. The van der Waals surface area contributed by atoms with Crippen LogP contribution < -0.4 is 0 Å². The minimum Gasteiger partial charge on any atom is -0.510 e. The van der Waals surface area contributed by atoms with Gasteiger partial charge in [-0.05, 0) is 6.92 Å². The molecule has 18 heavy (non-hydrogen) atoms. The molecule has 0 saturated carbocycles. The van der Waals surface area contributed by atoms with Crippen LogP contribution in [0.1, 0.15) is 6.92 Å². The fraction of sp³-hybridized carbons (Fsp3) is 0.556. The van der Waals surface area contributed by atoms with Crippen molar-refractivity contribution in [2.24, 2.45) is 10.2 Å². The summed E-state index contributed by atoms with van der Waals surface area (Å²) in [7, 11) is -0.255. The zero-order chi connectivity index (χ0) is 13.5. The van der Waals surface area contributed by atoms with Crippen LogP contribution in [0.5, 0.6) is 0 Å². The molecule has 2 heterocycles. The van der Waals surface area contributed by atoms with Crippen LogP contribution in [0, 0.1) is 0 Å². The first-order valence-electron chi connectivity index (χ1n) is 5.00. The van der Waals surface area contributed by atoms with Gasteiger partial charge in [-0.2, -0.15) is 0 Å². The maximum Gasteiger partial charge on any atom is 0.357 e. The van der Waals surface area contributed by atoms with Gasteiger partial charge in [0.25, 0.3) is 11.6 Å². The Morgan fingerprint density at radius 2 is 2.28 bits per heavy atom. The Kier molecular flexibility index (Phi) is 2.93. The second kappa shape index (κ2) is 4.16. The molecule has 1 fully saturated rings. The molecule has 0 aromatic rings. The summed E-state index contributed by atoms with van der Waals surface area (Å²) in [4.78, 5) is 24.8. The lowest BCUT2D eigenvalue weighted by Crippen LogP contribution is -2.56. The first-order valence-corrected chi connectivity index (χ1v) is 6.49. The standard InChI is InChI=1S/C9H11N3O5S/c1-5(13)6-7(14)12-4-18(16)3-9(12,11-10-6)8(15)17-2/h13H,3-4H2,1-2H3/b6-5+/t9-,18+/m0/s1. The van der Waals surface area contributed by atoms with E-state index in [-0.39, 0.29) is 23.1 Å². The van der Waals surface area contributed by atoms with Crippen molar-refractivity contribution >= 4 is 22.7 Å². The van der Waals surface area contributed by atoms with Crippen LogP contribution in [0.15, 0.2) is 21.7 Å². The van der Waals surface area contributed by atoms with Crippen molar-refractivity contribution in [3.05, 3.63) is 11.5 Å². The van der Waals surface area contributed by atoms with Gasteiger partial charge < -0.3 is 9.84 Å². The predicted molar refractivity (Wildman–Crippen MR) is 59.7 cm³/mol. The average molecular weight is 273 g/mol. The minimum atomic E-state index is -1.66. The maximum absolute atomic E-state index is 12.0. The first-order chi connectivity index (χ1) is 8.42. The van der Waals surface area contributed by atoms with E-state index < -0.39 is 28.3 Å². The Morgan fingerprint density at radius 1 is 1.61 bits per heavy atom. The van der Waals surface area contributed by atoms with E-state index in [9.17, 15) is 18.9 Å². The minimum absolute atomic E-state index is 0.135. The van der Waals surface area contributed by atoms with Crippen molar-refractivity contribution in [3.8, 4) is 0 Å². The van der Waals surface area contributed by atoms with Gasteiger partial charge in [0.15, 0.2) is 5.70 Å². The molecule has 0 spiro atoms. The van der Waals surface area contributed by atoms with Crippen molar-refractivity contribution in [2.45, 2.75) is 12.6 Å². The number of hydrogen-bond acceptors (Lipinski definition) is 7. The van der Waals surface area contributed by atoms with Crippen LogP contribution in [0.3, 0.4) is 0 Å². The third-order valence-corrected chi connectivity index (χ3v) is 3.97. The molecule has 0 aromatic heterocycles. The molecule has 98 valence electrons. The summed E-state index contributed by atoms with van der Waals surface area (Å²) in [5.74, 6) is -2.06. The number of azo groups is 1. The molecule has 8 nitrogen and oxygen atoms in total. The topological polar surface area (TPSA) is 109 Å². The van der Waals surface area contributed by atoms with Gasteiger partial charge in [0.05, 0.1) is 12.9 Å². The number of carbonyl (C=O) groups excluding carboxylic acids is 2. The molecule has 1 saturated heterocycles. The van der Waals surface area contributed by atoms with Crippen molar-refractivity contribution < 1.29 is 23.6 Å². The Bertz CT molecular complexity index is 510. The van der Waals surface area contributed by atoms with E-state index in [1.54, 1.807) is 0 Å². The summed E-state index contributed by atoms with van der Waals surface area (Å²) in [5, 5.41) is 16.6. The van der Waals surface area contributed by atoms with E-state index in [1.807, 2.05) is 0 Å². The predicted octanol–water partition coefficient (Wildman–Crippen LogP) is -0.341. The Labute approximate surface area is 105 Å². The van der Waals surface area contributed by atoms with E-state index in [2.05, 4.69) is 15.0 Å². The SMILES string of the molecule is COC(=O)[C@]12C[S@@](=O)CN1C(=O)/C(=C(/C)O)N=N2. The maximum atomic E-state index is 12.0. The average Bonchev–Trinajstić information content (AvgIpc) is 2.66. The molecule has 9 heteroatoms. The van der Waals surface area contributed by atoms with Gasteiger partial charge in [-0.3, -0.25) is 13.9 Å². The van der Waals surface area contributed by atoms with E-state index in [4.69, 9.17) is 0 Å². The molecule has 0 bridgehead atoms. The summed E-state index contributed by atoms with van der Waals surface area (Å²) in [5.41, 5.74) is -1.91. The molecule has 0 radical (unpaired) electrons. The largest absolute Gasteiger partial charge is 0.510 e. The van der Waals surface area contributed by atoms with Crippen LogP contribution in [0.2, 0.25) is 0 Å². The van der Waals surface area contributed by atoms with E-state index >= 15 is 0 Å². The van der Waals surface area contributed by atoms with Gasteiger partial charge in [-0.25, -0.2) is 4.79 Å². The van der Waals surface area contributed by atoms with Crippen molar-refractivity contribution in [1.29, 1.82) is 0 Å². The van der Waals surface area contributed by atoms with Gasteiger partial charge >= 0.3 is 5.97 Å². The fourth-order valence-electron chi connectivity index (χ4n) is 1.81. The molecule has 0 unspecified atom stereocenters. The number of methoxy groups -OCH3 is 1. The summed E-state index contributed by atoms with van der Waals surface area (Å²) >= 11 is 0. The molecule has 1 amide bonds. The lowest BCUT2D eigenvalue weighted by Gasteiger charge is -2.32. The molecule has 0 aliphatic carbocycles. The number of fused-ring (bicyclic) bond motifs is 1. The highest BCUT2D eigenvalue weighted by Crippen LogP contribution is 2.34. The fourth-order valence-corrected chi connectivity index (χ4v) is 3.30. The number of amides is 1. The van der Waals surface area contributed by atoms with Crippen LogP contribution in [-0.4, -0.2) is 50.5 Å². The second-order valence-corrected chi connectivity index (χ2v) is 5.32. The number of carbonyl (C=O) groups is 2. The van der Waals surface area contributed by atoms with E-state index in [1.165, 1.54) is 6.92 Å². The third-order valence-electron chi connectivity index (χ3n) is 2.70. The summed E-state index contributed by atoms with van der Waals surface area (Å²) in [6, 6.07) is 0. The molecule has 1 N–H and O–H groups in total. The van der Waals surface area contributed by atoms with Gasteiger partial charge in [-0.15, -0.1) is 10.2 Å². The first kappa shape index (κ1) is 12.7. The van der Waals surface area contributed by atoms with Crippen molar-refractivity contribution in [2.75, 3.05) is 18.7 Å². The Hall–Kier alpha value is -1.77. The molecular weight excluding hydrogens is 262 g/mol. The van der Waals surface area contributed by atoms with Gasteiger partial charge in [0.1, 0.15) is 11.6 Å². The smallest absolute Gasteiger partial charge is 0.357 e. The lowest BCUT2D eigenvalue weighted by atomic mass is 10.1. The van der Waals surface area contributed by atoms with Crippen LogP contribution in [0.4, 0.5) is 0 Å². The molecule has 0 aromatic carbocycles. The molecule has 2 atom stereocenters. The Morgan fingerprint density at radius 3 is 2.83 bits per heavy atom. The third kappa shape index (κ3) is 1.62. The number of nitrogens with zero attached hydrogens (tertiary/aromatic N) is 3. The number of esters is 1.